The summed E-state index contributed by atoms with van der Waals surface area (Å²) in [7, 11) is -2.42. The maximum atomic E-state index is 12.7. The molecule has 3 aromatic rings. The van der Waals surface area contributed by atoms with E-state index in [9.17, 15) is 18.3 Å². The van der Waals surface area contributed by atoms with Crippen LogP contribution in [-0.2, 0) is 10.0 Å². The highest BCUT2D eigenvalue weighted by atomic mass is 32.2. The van der Waals surface area contributed by atoms with Crippen molar-refractivity contribution in [3.8, 4) is 11.5 Å². The van der Waals surface area contributed by atoms with Crippen LogP contribution in [0.3, 0.4) is 0 Å². The standard InChI is InChI=1S/C20H18N2O5S/c1-27-14-10-12-15(13-11-14)28(25,26)22-17-7-3-2-6-16(17)20(24)21-18-8-4-5-9-19(18)23/h2-13,22-23H,1H3,(H,21,24). The maximum Gasteiger partial charge on any atom is 0.261 e. The van der Waals surface area contributed by atoms with Gasteiger partial charge in [0.2, 0.25) is 0 Å². The number of ether oxygens (including phenoxy) is 1. The smallest absolute Gasteiger partial charge is 0.261 e. The summed E-state index contributed by atoms with van der Waals surface area (Å²) < 4.78 is 32.8. The van der Waals surface area contributed by atoms with Crippen molar-refractivity contribution in [2.75, 3.05) is 17.1 Å². The summed E-state index contributed by atoms with van der Waals surface area (Å²) in [6, 6.07) is 18.4. The van der Waals surface area contributed by atoms with E-state index in [1.807, 2.05) is 0 Å². The van der Waals surface area contributed by atoms with Gasteiger partial charge in [-0.05, 0) is 48.5 Å². The minimum Gasteiger partial charge on any atom is -0.506 e. The molecule has 0 bridgehead atoms. The Balaban J connectivity index is 1.87. The number of carbonyl (C=O) groups excluding carboxylic acids is 1. The van der Waals surface area contributed by atoms with Crippen molar-refractivity contribution >= 4 is 27.3 Å². The molecule has 144 valence electrons. The molecule has 3 rings (SSSR count). The van der Waals surface area contributed by atoms with Crippen LogP contribution in [0.5, 0.6) is 11.5 Å². The number of nitrogens with one attached hydrogen (secondary N) is 2. The van der Waals surface area contributed by atoms with Gasteiger partial charge in [-0.25, -0.2) is 8.42 Å². The Morgan fingerprint density at radius 3 is 2.14 bits per heavy atom. The van der Waals surface area contributed by atoms with Gasteiger partial charge >= 0.3 is 0 Å². The molecule has 0 atom stereocenters. The van der Waals surface area contributed by atoms with Gasteiger partial charge in [-0.3, -0.25) is 9.52 Å². The number of hydrogen-bond donors (Lipinski definition) is 3. The lowest BCUT2D eigenvalue weighted by Crippen LogP contribution is -2.18. The van der Waals surface area contributed by atoms with Gasteiger partial charge in [-0.15, -0.1) is 0 Å². The van der Waals surface area contributed by atoms with Gasteiger partial charge < -0.3 is 15.2 Å². The quantitative estimate of drug-likeness (QED) is 0.552. The average Bonchev–Trinajstić information content (AvgIpc) is 2.70. The van der Waals surface area contributed by atoms with Crippen molar-refractivity contribution < 1.29 is 23.1 Å². The Morgan fingerprint density at radius 1 is 0.893 bits per heavy atom. The number of hydrogen-bond acceptors (Lipinski definition) is 5. The predicted molar refractivity (Wildman–Crippen MR) is 106 cm³/mol. The van der Waals surface area contributed by atoms with Crippen LogP contribution in [0.1, 0.15) is 10.4 Å². The zero-order valence-corrected chi connectivity index (χ0v) is 15.7. The molecular weight excluding hydrogens is 380 g/mol. The molecule has 0 fully saturated rings. The zero-order valence-electron chi connectivity index (χ0n) is 14.9. The number of sulfonamides is 1. The van der Waals surface area contributed by atoms with Crippen LogP contribution >= 0.6 is 0 Å². The molecule has 0 radical (unpaired) electrons. The number of rotatable bonds is 6. The number of para-hydroxylation sites is 3. The Hall–Kier alpha value is -3.52. The van der Waals surface area contributed by atoms with Crippen molar-refractivity contribution in [2.24, 2.45) is 0 Å². The summed E-state index contributed by atoms with van der Waals surface area (Å²) in [5, 5.41) is 12.4. The molecule has 0 aliphatic heterocycles. The maximum absolute atomic E-state index is 12.7. The number of aromatic hydroxyl groups is 1. The van der Waals surface area contributed by atoms with E-state index in [1.165, 1.54) is 55.6 Å². The van der Waals surface area contributed by atoms with Crippen LogP contribution in [0.4, 0.5) is 11.4 Å². The number of phenols is 1. The Kier molecular flexibility index (Phi) is 5.51. The van der Waals surface area contributed by atoms with E-state index < -0.39 is 15.9 Å². The molecule has 0 spiro atoms. The molecule has 8 heteroatoms. The van der Waals surface area contributed by atoms with Gasteiger partial charge in [-0.1, -0.05) is 24.3 Å². The second-order valence-corrected chi connectivity index (χ2v) is 7.48. The van der Waals surface area contributed by atoms with Crippen molar-refractivity contribution in [2.45, 2.75) is 4.90 Å². The lowest BCUT2D eigenvalue weighted by atomic mass is 10.1. The van der Waals surface area contributed by atoms with Crippen molar-refractivity contribution in [1.82, 2.24) is 0 Å². The second kappa shape index (κ2) is 8.01. The first kappa shape index (κ1) is 19.2. The summed E-state index contributed by atoms with van der Waals surface area (Å²) >= 11 is 0. The molecule has 1 amide bonds. The summed E-state index contributed by atoms with van der Waals surface area (Å²) in [5.41, 5.74) is 0.453. The first-order valence-electron chi connectivity index (χ1n) is 8.26. The third-order valence-electron chi connectivity index (χ3n) is 3.94. The normalized spacial score (nSPS) is 10.9. The minimum absolute atomic E-state index is 0.0317. The molecular formula is C20H18N2O5S. The fourth-order valence-electron chi connectivity index (χ4n) is 2.50. The molecule has 3 N–H and O–H groups in total. The topological polar surface area (TPSA) is 105 Å². The van der Waals surface area contributed by atoms with Gasteiger partial charge in [0.25, 0.3) is 15.9 Å². The van der Waals surface area contributed by atoms with Crippen LogP contribution in [0.15, 0.2) is 77.7 Å². The van der Waals surface area contributed by atoms with Crippen LogP contribution < -0.4 is 14.8 Å². The number of carbonyl (C=O) groups is 1. The predicted octanol–water partition coefficient (Wildman–Crippen LogP) is 3.45. The largest absolute Gasteiger partial charge is 0.506 e. The molecule has 0 saturated carbocycles. The lowest BCUT2D eigenvalue weighted by molar-refractivity contribution is 0.102. The molecule has 0 aromatic heterocycles. The van der Waals surface area contributed by atoms with E-state index in [-0.39, 0.29) is 27.6 Å². The van der Waals surface area contributed by atoms with E-state index in [4.69, 9.17) is 4.74 Å². The molecule has 3 aromatic carbocycles. The van der Waals surface area contributed by atoms with E-state index in [0.717, 1.165) is 0 Å². The molecule has 0 heterocycles. The first-order chi connectivity index (χ1) is 13.4. The summed E-state index contributed by atoms with van der Waals surface area (Å²) in [5.74, 6) is -0.122. The van der Waals surface area contributed by atoms with Gasteiger partial charge in [0.1, 0.15) is 11.5 Å². The number of phenolic OH excluding ortho intramolecular Hbond substituents is 1. The summed E-state index contributed by atoms with van der Waals surface area (Å²) in [6.07, 6.45) is 0. The SMILES string of the molecule is COc1ccc(S(=O)(=O)Nc2ccccc2C(=O)Nc2ccccc2O)cc1. The van der Waals surface area contributed by atoms with Gasteiger partial charge in [0.05, 0.1) is 28.9 Å². The van der Waals surface area contributed by atoms with Crippen molar-refractivity contribution in [1.29, 1.82) is 0 Å². The lowest BCUT2D eigenvalue weighted by Gasteiger charge is -2.13. The van der Waals surface area contributed by atoms with E-state index in [1.54, 1.807) is 24.3 Å². The van der Waals surface area contributed by atoms with Gasteiger partial charge in [-0.2, -0.15) is 0 Å². The monoisotopic (exact) mass is 398 g/mol. The highest BCUT2D eigenvalue weighted by Gasteiger charge is 2.19. The fraction of sp³-hybridized carbons (Fsp3) is 0.0500. The molecule has 0 saturated heterocycles. The third-order valence-corrected chi connectivity index (χ3v) is 5.32. The fourth-order valence-corrected chi connectivity index (χ4v) is 3.58. The first-order valence-corrected chi connectivity index (χ1v) is 9.74. The van der Waals surface area contributed by atoms with E-state index in [0.29, 0.717) is 5.75 Å². The zero-order chi connectivity index (χ0) is 20.1. The molecule has 0 aliphatic rings. The second-order valence-electron chi connectivity index (χ2n) is 5.80. The molecule has 0 unspecified atom stereocenters. The molecule has 28 heavy (non-hydrogen) atoms. The van der Waals surface area contributed by atoms with E-state index in [2.05, 4.69) is 10.0 Å². The highest BCUT2D eigenvalue weighted by molar-refractivity contribution is 7.92. The summed E-state index contributed by atoms with van der Waals surface area (Å²) in [4.78, 5) is 12.7. The Morgan fingerprint density at radius 2 is 1.50 bits per heavy atom. The highest BCUT2D eigenvalue weighted by Crippen LogP contribution is 2.25. The number of benzene rings is 3. The number of amides is 1. The van der Waals surface area contributed by atoms with Crippen molar-refractivity contribution in [3.05, 3.63) is 78.4 Å². The Labute approximate surface area is 162 Å². The minimum atomic E-state index is -3.91. The van der Waals surface area contributed by atoms with Gasteiger partial charge in [0, 0.05) is 0 Å². The van der Waals surface area contributed by atoms with Crippen LogP contribution in [0.2, 0.25) is 0 Å². The molecule has 7 nitrogen and oxygen atoms in total. The third kappa shape index (κ3) is 4.24. The van der Waals surface area contributed by atoms with Crippen molar-refractivity contribution in [3.63, 3.8) is 0 Å². The Bertz CT molecular complexity index is 1100. The van der Waals surface area contributed by atoms with Crippen LogP contribution in [0.25, 0.3) is 0 Å². The molecule has 0 aliphatic carbocycles. The van der Waals surface area contributed by atoms with Crippen LogP contribution in [-0.4, -0.2) is 26.5 Å². The van der Waals surface area contributed by atoms with Crippen LogP contribution in [0, 0.1) is 0 Å². The summed E-state index contributed by atoms with van der Waals surface area (Å²) in [6.45, 7) is 0. The average molecular weight is 398 g/mol. The van der Waals surface area contributed by atoms with E-state index >= 15 is 0 Å². The number of methoxy groups -OCH3 is 1. The van der Waals surface area contributed by atoms with Gasteiger partial charge in [0.15, 0.2) is 0 Å². The number of anilines is 2.